The predicted molar refractivity (Wildman–Crippen MR) is 120 cm³/mol. The molecule has 0 bridgehead atoms. The smallest absolute Gasteiger partial charge is 0.227 e. The fraction of sp³-hybridized carbons (Fsp3) is 0.545. The van der Waals surface area contributed by atoms with Gasteiger partial charge in [-0.15, -0.1) is 11.8 Å². The highest BCUT2D eigenvalue weighted by Crippen LogP contribution is 2.28. The molecule has 3 aliphatic rings. The van der Waals surface area contributed by atoms with Gasteiger partial charge in [-0.1, -0.05) is 18.2 Å². The second-order valence-corrected chi connectivity index (χ2v) is 8.69. The summed E-state index contributed by atoms with van der Waals surface area (Å²) in [6.45, 7) is 4.98. The molecule has 28 heavy (non-hydrogen) atoms. The molecule has 1 aromatic rings. The zero-order chi connectivity index (χ0) is 19.3. The monoisotopic (exact) mass is 397 g/mol. The van der Waals surface area contributed by atoms with Crippen molar-refractivity contribution < 1.29 is 0 Å². The number of allylic oxidation sites excluding steroid dienone is 3. The number of piperazine rings is 1. The molecule has 1 fully saturated rings. The van der Waals surface area contributed by atoms with Crippen LogP contribution in [0.2, 0.25) is 0 Å². The Labute approximate surface area is 173 Å². The molecule has 0 unspecified atom stereocenters. The minimum absolute atomic E-state index is 0.817. The molecule has 1 saturated heterocycles. The molecule has 0 saturated carbocycles. The van der Waals surface area contributed by atoms with Gasteiger partial charge in [0, 0.05) is 43.2 Å². The highest BCUT2D eigenvalue weighted by molar-refractivity contribution is 8.02. The van der Waals surface area contributed by atoms with Gasteiger partial charge in [0.1, 0.15) is 5.82 Å². The second-order valence-electron chi connectivity index (χ2n) is 7.81. The summed E-state index contributed by atoms with van der Waals surface area (Å²) in [5.41, 5.74) is 3.92. The van der Waals surface area contributed by atoms with Crippen LogP contribution in [0.3, 0.4) is 0 Å². The second kappa shape index (κ2) is 9.14. The average molecular weight is 398 g/mol. The molecule has 0 aromatic carbocycles. The number of thioether (sulfide) groups is 1. The van der Waals surface area contributed by atoms with E-state index in [9.17, 15) is 0 Å². The number of nitrogens with one attached hydrogen (secondary N) is 1. The molecule has 1 aliphatic heterocycles. The highest BCUT2D eigenvalue weighted by Gasteiger charge is 2.22. The van der Waals surface area contributed by atoms with Gasteiger partial charge in [0.25, 0.3) is 0 Å². The largest absolute Gasteiger partial charge is 0.366 e. The lowest BCUT2D eigenvalue weighted by molar-refractivity contribution is 0.311. The van der Waals surface area contributed by atoms with Gasteiger partial charge < -0.3 is 15.1 Å². The number of aromatic nitrogens is 2. The van der Waals surface area contributed by atoms with E-state index in [-0.39, 0.29) is 0 Å². The summed E-state index contributed by atoms with van der Waals surface area (Å²) in [4.78, 5) is 16.0. The first-order valence-electron chi connectivity index (χ1n) is 10.4. The van der Waals surface area contributed by atoms with E-state index in [2.05, 4.69) is 52.7 Å². The van der Waals surface area contributed by atoms with E-state index in [0.717, 1.165) is 63.8 Å². The van der Waals surface area contributed by atoms with Crippen molar-refractivity contribution in [1.29, 1.82) is 0 Å². The number of nitrogens with zero attached hydrogens (tertiary/aromatic N) is 4. The molecule has 150 valence electrons. The number of anilines is 2. The van der Waals surface area contributed by atoms with Crippen LogP contribution in [0.1, 0.15) is 30.5 Å². The Morgan fingerprint density at radius 2 is 1.86 bits per heavy atom. The number of fused-ring (bicyclic) bond motifs is 1. The Hall–Kier alpha value is -1.79. The fourth-order valence-electron chi connectivity index (χ4n) is 4.00. The van der Waals surface area contributed by atoms with Crippen LogP contribution < -0.4 is 10.2 Å². The van der Waals surface area contributed by atoms with Gasteiger partial charge in [-0.3, -0.25) is 0 Å². The molecular formula is C22H31N5S. The van der Waals surface area contributed by atoms with Crippen molar-refractivity contribution in [3.63, 3.8) is 0 Å². The zero-order valence-corrected chi connectivity index (χ0v) is 17.9. The van der Waals surface area contributed by atoms with Crippen LogP contribution in [0.15, 0.2) is 34.8 Å². The van der Waals surface area contributed by atoms with Crippen LogP contribution >= 0.6 is 11.8 Å². The van der Waals surface area contributed by atoms with E-state index >= 15 is 0 Å². The van der Waals surface area contributed by atoms with Crippen LogP contribution in [0, 0.1) is 0 Å². The van der Waals surface area contributed by atoms with Gasteiger partial charge in [-0.05, 0) is 57.1 Å². The molecular weight excluding hydrogens is 366 g/mol. The number of hydrogen-bond acceptors (Lipinski definition) is 6. The lowest BCUT2D eigenvalue weighted by Gasteiger charge is -2.33. The lowest BCUT2D eigenvalue weighted by atomic mass is 9.96. The van der Waals surface area contributed by atoms with E-state index in [1.807, 2.05) is 0 Å². The molecule has 1 N–H and O–H groups in total. The number of hydrogen-bond donors (Lipinski definition) is 1. The minimum Gasteiger partial charge on any atom is -0.366 e. The van der Waals surface area contributed by atoms with Crippen LogP contribution in [-0.2, 0) is 12.8 Å². The van der Waals surface area contributed by atoms with Crippen LogP contribution in [0.5, 0.6) is 0 Å². The van der Waals surface area contributed by atoms with Crippen molar-refractivity contribution in [3.8, 4) is 0 Å². The third-order valence-corrected chi connectivity index (χ3v) is 6.59. The number of likely N-dealkylation sites (N-methyl/N-ethyl adjacent to an activating group) is 1. The van der Waals surface area contributed by atoms with Crippen molar-refractivity contribution >= 4 is 23.5 Å². The lowest BCUT2D eigenvalue weighted by Crippen LogP contribution is -2.45. The third-order valence-electron chi connectivity index (χ3n) is 5.81. The van der Waals surface area contributed by atoms with Crippen LogP contribution in [0.4, 0.5) is 11.8 Å². The maximum Gasteiger partial charge on any atom is 0.227 e. The van der Waals surface area contributed by atoms with Gasteiger partial charge >= 0.3 is 0 Å². The normalized spacial score (nSPS) is 20.3. The Balaban J connectivity index is 1.52. The molecule has 6 heteroatoms. The van der Waals surface area contributed by atoms with E-state index in [1.165, 1.54) is 34.6 Å². The summed E-state index contributed by atoms with van der Waals surface area (Å²) in [5, 5.41) is 3.65. The van der Waals surface area contributed by atoms with Gasteiger partial charge in [0.05, 0.1) is 5.69 Å². The maximum absolute atomic E-state index is 4.99. The zero-order valence-electron chi connectivity index (χ0n) is 17.1. The van der Waals surface area contributed by atoms with Gasteiger partial charge in [0.15, 0.2) is 0 Å². The summed E-state index contributed by atoms with van der Waals surface area (Å²) >= 11 is 1.80. The average Bonchev–Trinajstić information content (AvgIpc) is 2.97. The fourth-order valence-corrected chi connectivity index (χ4v) is 4.46. The molecule has 2 aliphatic carbocycles. The Bertz CT molecular complexity index is 790. The quantitative estimate of drug-likeness (QED) is 0.818. The van der Waals surface area contributed by atoms with E-state index in [4.69, 9.17) is 9.97 Å². The molecule has 4 rings (SSSR count). The molecule has 0 spiro atoms. The Morgan fingerprint density at radius 3 is 2.68 bits per heavy atom. The summed E-state index contributed by atoms with van der Waals surface area (Å²) in [6, 6.07) is 0. The van der Waals surface area contributed by atoms with Crippen molar-refractivity contribution in [2.24, 2.45) is 0 Å². The molecule has 5 nitrogen and oxygen atoms in total. The van der Waals surface area contributed by atoms with Crippen molar-refractivity contribution in [2.75, 3.05) is 56.2 Å². The summed E-state index contributed by atoms with van der Waals surface area (Å²) < 4.78 is 0. The minimum atomic E-state index is 0.817. The number of aryl methyl sites for hydroxylation is 1. The van der Waals surface area contributed by atoms with E-state index in [0.29, 0.717) is 0 Å². The van der Waals surface area contributed by atoms with Crippen LogP contribution in [-0.4, -0.2) is 60.9 Å². The van der Waals surface area contributed by atoms with Crippen molar-refractivity contribution in [1.82, 2.24) is 14.9 Å². The molecule has 2 heterocycles. The molecule has 0 amide bonds. The van der Waals surface area contributed by atoms with Crippen molar-refractivity contribution in [3.05, 3.63) is 46.0 Å². The summed E-state index contributed by atoms with van der Waals surface area (Å²) in [6.07, 6.45) is 16.8. The number of rotatable bonds is 5. The first kappa shape index (κ1) is 19.5. The summed E-state index contributed by atoms with van der Waals surface area (Å²) in [7, 11) is 2.18. The van der Waals surface area contributed by atoms with Crippen LogP contribution in [0.25, 0.3) is 0 Å². The third kappa shape index (κ3) is 4.61. The van der Waals surface area contributed by atoms with E-state index in [1.54, 1.807) is 11.8 Å². The van der Waals surface area contributed by atoms with Gasteiger partial charge in [-0.2, -0.15) is 4.98 Å². The Morgan fingerprint density at radius 1 is 1.04 bits per heavy atom. The highest BCUT2D eigenvalue weighted by atomic mass is 32.2. The molecule has 1 aromatic heterocycles. The first-order valence-corrected chi connectivity index (χ1v) is 11.6. The van der Waals surface area contributed by atoms with Crippen molar-refractivity contribution in [2.45, 2.75) is 32.1 Å². The van der Waals surface area contributed by atoms with E-state index < -0.39 is 0 Å². The first-order chi connectivity index (χ1) is 13.7. The molecule has 0 radical (unpaired) electrons. The summed E-state index contributed by atoms with van der Waals surface area (Å²) in [5.74, 6) is 1.96. The molecule has 0 atom stereocenters. The Kier molecular flexibility index (Phi) is 6.37. The van der Waals surface area contributed by atoms with Gasteiger partial charge in [-0.25, -0.2) is 4.98 Å². The predicted octanol–water partition coefficient (Wildman–Crippen LogP) is 3.65. The van der Waals surface area contributed by atoms with Gasteiger partial charge in [0.2, 0.25) is 5.95 Å². The SMILES string of the molecule is CSC1=CCC=C(CNc2nc(N3CCN(C)CC3)nc3c2CCCC3)C=C1. The standard InChI is InChI=1S/C22H31N5S/c1-26-12-14-27(15-13-26)22-24-20-9-4-3-8-19(20)21(25-22)23-16-17-6-5-7-18(28-2)11-10-17/h6-7,10-11H,3-5,8-9,12-16H2,1-2H3,(H,23,24,25). The maximum atomic E-state index is 4.99. The topological polar surface area (TPSA) is 44.3 Å².